The predicted molar refractivity (Wildman–Crippen MR) is 108 cm³/mol. The first-order valence-electron chi connectivity index (χ1n) is 9.30. The van der Waals surface area contributed by atoms with Crippen molar-refractivity contribution in [2.75, 3.05) is 18.5 Å². The molecule has 3 aromatic rings. The van der Waals surface area contributed by atoms with Crippen molar-refractivity contribution in [3.05, 3.63) is 77.9 Å². The Balaban J connectivity index is 1.50. The van der Waals surface area contributed by atoms with Crippen LogP contribution in [0.25, 0.3) is 0 Å². The fourth-order valence-electron chi connectivity index (χ4n) is 3.08. The Morgan fingerprint density at radius 3 is 2.64 bits per heavy atom. The topological polar surface area (TPSA) is 56.8 Å². The number of carbonyl (C=O) groups is 1. The average Bonchev–Trinajstić information content (AvgIpc) is 3.19. The molecule has 1 aliphatic heterocycles. The highest BCUT2D eigenvalue weighted by molar-refractivity contribution is 6.05. The molecular weight excluding hydrogens is 354 g/mol. The third-order valence-corrected chi connectivity index (χ3v) is 4.45. The smallest absolute Gasteiger partial charge is 0.255 e. The van der Waals surface area contributed by atoms with Crippen LogP contribution in [0.1, 0.15) is 22.8 Å². The number of anilines is 1. The van der Waals surface area contributed by atoms with E-state index >= 15 is 0 Å². The van der Waals surface area contributed by atoms with E-state index in [4.69, 9.17) is 14.2 Å². The Labute approximate surface area is 163 Å². The molecule has 0 radical (unpaired) electrons. The third kappa shape index (κ3) is 3.93. The largest absolute Gasteiger partial charge is 0.494 e. The van der Waals surface area contributed by atoms with Gasteiger partial charge in [0.1, 0.15) is 17.2 Å². The molecular formula is C23H21NO4. The van der Waals surface area contributed by atoms with Crippen molar-refractivity contribution in [3.63, 3.8) is 0 Å². The van der Waals surface area contributed by atoms with Crippen molar-refractivity contribution in [3.8, 4) is 23.0 Å². The van der Waals surface area contributed by atoms with Crippen LogP contribution in [0, 0.1) is 0 Å². The number of para-hydroxylation sites is 2. The summed E-state index contributed by atoms with van der Waals surface area (Å²) in [6.45, 7) is 3.22. The number of hydrogen-bond donors (Lipinski definition) is 1. The first-order chi connectivity index (χ1) is 13.7. The lowest BCUT2D eigenvalue weighted by molar-refractivity contribution is 0.102. The fraction of sp³-hybridized carbons (Fsp3) is 0.174. The van der Waals surface area contributed by atoms with Crippen LogP contribution in [-0.2, 0) is 6.42 Å². The first-order valence-corrected chi connectivity index (χ1v) is 9.30. The Morgan fingerprint density at radius 2 is 1.82 bits per heavy atom. The molecule has 0 atom stereocenters. The molecule has 0 bridgehead atoms. The van der Waals surface area contributed by atoms with E-state index in [1.54, 1.807) is 6.07 Å². The van der Waals surface area contributed by atoms with Crippen LogP contribution in [0.4, 0.5) is 5.69 Å². The molecule has 0 spiro atoms. The Kier molecular flexibility index (Phi) is 5.15. The zero-order valence-corrected chi connectivity index (χ0v) is 15.6. The van der Waals surface area contributed by atoms with Crippen LogP contribution < -0.4 is 19.5 Å². The summed E-state index contributed by atoms with van der Waals surface area (Å²) in [5.41, 5.74) is 2.27. The monoisotopic (exact) mass is 375 g/mol. The number of rotatable bonds is 6. The summed E-state index contributed by atoms with van der Waals surface area (Å²) >= 11 is 0. The summed E-state index contributed by atoms with van der Waals surface area (Å²) in [6.07, 6.45) is 0.827. The molecule has 142 valence electrons. The minimum atomic E-state index is -0.183. The van der Waals surface area contributed by atoms with Crippen molar-refractivity contribution in [1.82, 2.24) is 0 Å². The standard InChI is InChI=1S/C23H21NO4/c1-2-26-18-8-10-19(11-9-18)28-22-6-4-3-5-20(22)24-23(25)17-7-12-21-16(15-17)13-14-27-21/h3-12,15H,2,13-14H2,1H3,(H,24,25). The second kappa shape index (κ2) is 8.05. The van der Waals surface area contributed by atoms with Crippen molar-refractivity contribution >= 4 is 11.6 Å². The number of benzene rings is 3. The van der Waals surface area contributed by atoms with Gasteiger partial charge in [0.2, 0.25) is 0 Å². The van der Waals surface area contributed by atoms with E-state index in [2.05, 4.69) is 5.32 Å². The van der Waals surface area contributed by atoms with Crippen molar-refractivity contribution < 1.29 is 19.0 Å². The van der Waals surface area contributed by atoms with Crippen LogP contribution in [0.5, 0.6) is 23.0 Å². The number of nitrogens with one attached hydrogen (secondary N) is 1. The van der Waals surface area contributed by atoms with Gasteiger partial charge in [-0.1, -0.05) is 12.1 Å². The summed E-state index contributed by atoms with van der Waals surface area (Å²) in [7, 11) is 0. The Bertz CT molecular complexity index is 982. The Morgan fingerprint density at radius 1 is 1.04 bits per heavy atom. The molecule has 4 rings (SSSR count). The van der Waals surface area contributed by atoms with Crippen LogP contribution in [0.2, 0.25) is 0 Å². The lowest BCUT2D eigenvalue weighted by atomic mass is 10.1. The molecule has 1 amide bonds. The van der Waals surface area contributed by atoms with Gasteiger partial charge in [-0.05, 0) is 67.1 Å². The maximum atomic E-state index is 12.7. The van der Waals surface area contributed by atoms with Gasteiger partial charge in [-0.15, -0.1) is 0 Å². The average molecular weight is 375 g/mol. The van der Waals surface area contributed by atoms with Gasteiger partial charge >= 0.3 is 0 Å². The maximum absolute atomic E-state index is 12.7. The molecule has 3 aromatic carbocycles. The molecule has 0 unspecified atom stereocenters. The second-order valence-electron chi connectivity index (χ2n) is 6.38. The zero-order chi connectivity index (χ0) is 19.3. The van der Waals surface area contributed by atoms with E-state index in [9.17, 15) is 4.79 Å². The summed E-state index contributed by atoms with van der Waals surface area (Å²) < 4.78 is 16.9. The number of amides is 1. The van der Waals surface area contributed by atoms with Crippen LogP contribution >= 0.6 is 0 Å². The highest BCUT2D eigenvalue weighted by Gasteiger charge is 2.16. The van der Waals surface area contributed by atoms with E-state index in [0.29, 0.717) is 36.0 Å². The minimum Gasteiger partial charge on any atom is -0.494 e. The normalized spacial score (nSPS) is 12.0. The SMILES string of the molecule is CCOc1ccc(Oc2ccccc2NC(=O)c2ccc3c(c2)CCO3)cc1. The molecule has 0 saturated carbocycles. The van der Waals surface area contributed by atoms with E-state index in [1.807, 2.05) is 67.6 Å². The lowest BCUT2D eigenvalue weighted by Crippen LogP contribution is -2.12. The molecule has 1 N–H and O–H groups in total. The first kappa shape index (κ1) is 17.9. The highest BCUT2D eigenvalue weighted by atomic mass is 16.5. The Hall–Kier alpha value is -3.47. The molecule has 28 heavy (non-hydrogen) atoms. The van der Waals surface area contributed by atoms with E-state index in [1.165, 1.54) is 0 Å². The van der Waals surface area contributed by atoms with Gasteiger partial charge in [0, 0.05) is 12.0 Å². The molecule has 0 saturated heterocycles. The van der Waals surface area contributed by atoms with Gasteiger partial charge in [0.15, 0.2) is 5.75 Å². The number of carbonyl (C=O) groups excluding carboxylic acids is 1. The fourth-order valence-corrected chi connectivity index (χ4v) is 3.08. The summed E-state index contributed by atoms with van der Waals surface area (Å²) in [4.78, 5) is 12.7. The van der Waals surface area contributed by atoms with Crippen LogP contribution in [0.3, 0.4) is 0 Å². The van der Waals surface area contributed by atoms with Crippen LogP contribution in [0.15, 0.2) is 66.7 Å². The molecule has 5 nitrogen and oxygen atoms in total. The van der Waals surface area contributed by atoms with E-state index in [-0.39, 0.29) is 5.91 Å². The van der Waals surface area contributed by atoms with Gasteiger partial charge < -0.3 is 19.5 Å². The maximum Gasteiger partial charge on any atom is 0.255 e. The van der Waals surface area contributed by atoms with Crippen LogP contribution in [-0.4, -0.2) is 19.1 Å². The molecule has 0 aliphatic carbocycles. The minimum absolute atomic E-state index is 0.183. The zero-order valence-electron chi connectivity index (χ0n) is 15.6. The molecule has 0 aromatic heterocycles. The molecule has 0 fully saturated rings. The molecule has 1 heterocycles. The number of hydrogen-bond acceptors (Lipinski definition) is 4. The predicted octanol–water partition coefficient (Wildman–Crippen LogP) is 5.06. The van der Waals surface area contributed by atoms with Gasteiger partial charge in [-0.25, -0.2) is 0 Å². The van der Waals surface area contributed by atoms with Gasteiger partial charge in [-0.2, -0.15) is 0 Å². The lowest BCUT2D eigenvalue weighted by Gasteiger charge is -2.13. The van der Waals surface area contributed by atoms with Gasteiger partial charge in [-0.3, -0.25) is 4.79 Å². The number of ether oxygens (including phenoxy) is 3. The number of fused-ring (bicyclic) bond motifs is 1. The van der Waals surface area contributed by atoms with Gasteiger partial charge in [0.25, 0.3) is 5.91 Å². The highest BCUT2D eigenvalue weighted by Crippen LogP contribution is 2.31. The quantitative estimate of drug-likeness (QED) is 0.654. The van der Waals surface area contributed by atoms with Gasteiger partial charge in [0.05, 0.1) is 18.9 Å². The summed E-state index contributed by atoms with van der Waals surface area (Å²) in [6, 6.07) is 20.3. The molecule has 1 aliphatic rings. The molecule has 5 heteroatoms. The second-order valence-corrected chi connectivity index (χ2v) is 6.38. The van der Waals surface area contributed by atoms with Crippen molar-refractivity contribution in [2.24, 2.45) is 0 Å². The van der Waals surface area contributed by atoms with Crippen molar-refractivity contribution in [1.29, 1.82) is 0 Å². The van der Waals surface area contributed by atoms with E-state index < -0.39 is 0 Å². The summed E-state index contributed by atoms with van der Waals surface area (Å²) in [5.74, 6) is 2.70. The van der Waals surface area contributed by atoms with E-state index in [0.717, 1.165) is 23.5 Å². The third-order valence-electron chi connectivity index (χ3n) is 4.45. The summed E-state index contributed by atoms with van der Waals surface area (Å²) in [5, 5.41) is 2.94. The van der Waals surface area contributed by atoms with Crippen molar-refractivity contribution in [2.45, 2.75) is 13.3 Å².